The second-order valence-corrected chi connectivity index (χ2v) is 6.69. The van der Waals surface area contributed by atoms with E-state index in [1.807, 2.05) is 43.3 Å². The van der Waals surface area contributed by atoms with Gasteiger partial charge in [0.05, 0.1) is 5.52 Å². The van der Waals surface area contributed by atoms with E-state index in [1.54, 1.807) is 7.05 Å². The predicted molar refractivity (Wildman–Crippen MR) is 105 cm³/mol. The van der Waals surface area contributed by atoms with Crippen molar-refractivity contribution >= 4 is 16.8 Å². The highest BCUT2D eigenvalue weighted by atomic mass is 19.1. The molecule has 4 nitrogen and oxygen atoms in total. The lowest BCUT2D eigenvalue weighted by molar-refractivity contribution is 0.528. The normalized spacial score (nSPS) is 11.1. The van der Waals surface area contributed by atoms with Crippen LogP contribution in [0.2, 0.25) is 0 Å². The molecule has 0 amide bonds. The van der Waals surface area contributed by atoms with Gasteiger partial charge in [0.1, 0.15) is 11.6 Å². The standard InChI is InChI=1S/C22H18F2N2O2/c1-13-10-21-20(26(2)22(27)28-21)11-16(13)14-6-8-15(9-7-14)25-12-17-18(23)4-3-5-19(17)24/h3-11,25H,12H2,1-2H3. The summed E-state index contributed by atoms with van der Waals surface area (Å²) in [5.74, 6) is -1.54. The molecule has 3 aromatic carbocycles. The Balaban J connectivity index is 1.60. The molecule has 0 unspecified atom stereocenters. The maximum atomic E-state index is 13.7. The molecule has 0 saturated heterocycles. The van der Waals surface area contributed by atoms with Gasteiger partial charge in [0.2, 0.25) is 0 Å². The summed E-state index contributed by atoms with van der Waals surface area (Å²) in [5, 5.41) is 3.04. The van der Waals surface area contributed by atoms with Crippen LogP contribution in [0.25, 0.3) is 22.2 Å². The second kappa shape index (κ2) is 6.96. The molecule has 1 heterocycles. The number of benzene rings is 3. The Hall–Kier alpha value is -3.41. The molecule has 0 aliphatic rings. The fraction of sp³-hybridized carbons (Fsp3) is 0.136. The first kappa shape index (κ1) is 18.0. The molecule has 1 aromatic heterocycles. The third-order valence-electron chi connectivity index (χ3n) is 4.87. The van der Waals surface area contributed by atoms with E-state index in [4.69, 9.17) is 4.42 Å². The van der Waals surface area contributed by atoms with Crippen LogP contribution in [0.5, 0.6) is 0 Å². The molecule has 0 aliphatic carbocycles. The smallest absolute Gasteiger partial charge is 0.408 e. The van der Waals surface area contributed by atoms with Gasteiger partial charge < -0.3 is 9.73 Å². The highest BCUT2D eigenvalue weighted by Crippen LogP contribution is 2.29. The van der Waals surface area contributed by atoms with Gasteiger partial charge in [-0.25, -0.2) is 13.6 Å². The minimum Gasteiger partial charge on any atom is -0.408 e. The van der Waals surface area contributed by atoms with Crippen LogP contribution in [0.1, 0.15) is 11.1 Å². The summed E-state index contributed by atoms with van der Waals surface area (Å²) < 4.78 is 34.2. The highest BCUT2D eigenvalue weighted by Gasteiger charge is 2.11. The fourth-order valence-corrected chi connectivity index (χ4v) is 3.25. The average molecular weight is 380 g/mol. The van der Waals surface area contributed by atoms with Crippen molar-refractivity contribution in [3.63, 3.8) is 0 Å². The third kappa shape index (κ3) is 3.17. The van der Waals surface area contributed by atoms with E-state index in [2.05, 4.69) is 5.32 Å². The highest BCUT2D eigenvalue weighted by molar-refractivity contribution is 5.83. The Morgan fingerprint density at radius 1 is 1.04 bits per heavy atom. The van der Waals surface area contributed by atoms with Crippen LogP contribution in [0.3, 0.4) is 0 Å². The summed E-state index contributed by atoms with van der Waals surface area (Å²) in [5.41, 5.74) is 4.97. The maximum absolute atomic E-state index is 13.7. The van der Waals surface area contributed by atoms with E-state index in [0.29, 0.717) is 5.58 Å². The quantitative estimate of drug-likeness (QED) is 0.542. The molecule has 4 rings (SSSR count). The largest absolute Gasteiger partial charge is 0.419 e. The summed E-state index contributed by atoms with van der Waals surface area (Å²) in [7, 11) is 1.67. The molecule has 142 valence electrons. The number of rotatable bonds is 4. The first-order valence-electron chi connectivity index (χ1n) is 8.81. The molecule has 4 aromatic rings. The van der Waals surface area contributed by atoms with Gasteiger partial charge in [0.15, 0.2) is 5.58 Å². The average Bonchev–Trinajstić information content (AvgIpc) is 2.94. The molecular weight excluding hydrogens is 362 g/mol. The lowest BCUT2D eigenvalue weighted by Crippen LogP contribution is -2.08. The van der Waals surface area contributed by atoms with Gasteiger partial charge in [0, 0.05) is 24.8 Å². The number of nitrogens with zero attached hydrogens (tertiary/aromatic N) is 1. The van der Waals surface area contributed by atoms with Crippen molar-refractivity contribution in [2.24, 2.45) is 7.05 Å². The Morgan fingerprint density at radius 3 is 2.39 bits per heavy atom. The van der Waals surface area contributed by atoms with Gasteiger partial charge in [-0.2, -0.15) is 0 Å². The number of oxazole rings is 1. The molecule has 0 aliphatic heterocycles. The zero-order chi connectivity index (χ0) is 19.8. The molecule has 0 bridgehead atoms. The van der Waals surface area contributed by atoms with Crippen LogP contribution in [-0.4, -0.2) is 4.57 Å². The Bertz CT molecular complexity index is 1200. The lowest BCUT2D eigenvalue weighted by Gasteiger charge is -2.11. The Morgan fingerprint density at radius 2 is 1.71 bits per heavy atom. The molecular formula is C22H18F2N2O2. The monoisotopic (exact) mass is 380 g/mol. The first-order chi connectivity index (χ1) is 13.4. The van der Waals surface area contributed by atoms with Crippen LogP contribution in [0.4, 0.5) is 14.5 Å². The summed E-state index contributed by atoms with van der Waals surface area (Å²) >= 11 is 0. The molecule has 28 heavy (non-hydrogen) atoms. The number of hydrogen-bond acceptors (Lipinski definition) is 3. The zero-order valence-electron chi connectivity index (χ0n) is 15.4. The number of aromatic nitrogens is 1. The van der Waals surface area contributed by atoms with Gasteiger partial charge in [-0.05, 0) is 60.0 Å². The molecule has 0 fully saturated rings. The van der Waals surface area contributed by atoms with E-state index in [0.717, 1.165) is 27.9 Å². The first-order valence-corrected chi connectivity index (χ1v) is 8.81. The molecule has 6 heteroatoms. The topological polar surface area (TPSA) is 47.2 Å². The zero-order valence-corrected chi connectivity index (χ0v) is 15.4. The van der Waals surface area contributed by atoms with Crippen molar-refractivity contribution in [1.29, 1.82) is 0 Å². The number of aryl methyl sites for hydroxylation is 2. The number of nitrogens with one attached hydrogen (secondary N) is 1. The van der Waals surface area contributed by atoms with Crippen LogP contribution in [0, 0.1) is 18.6 Å². The number of hydrogen-bond donors (Lipinski definition) is 1. The van der Waals surface area contributed by atoms with Crippen molar-refractivity contribution in [2.45, 2.75) is 13.5 Å². The minimum atomic E-state index is -0.571. The minimum absolute atomic E-state index is 0.00810. The molecule has 0 saturated carbocycles. The maximum Gasteiger partial charge on any atom is 0.419 e. The lowest BCUT2D eigenvalue weighted by atomic mass is 9.99. The van der Waals surface area contributed by atoms with Crippen LogP contribution in [-0.2, 0) is 13.6 Å². The van der Waals surface area contributed by atoms with Gasteiger partial charge in [-0.1, -0.05) is 18.2 Å². The van der Waals surface area contributed by atoms with Crippen molar-refractivity contribution in [3.05, 3.63) is 87.9 Å². The molecule has 1 N–H and O–H groups in total. The van der Waals surface area contributed by atoms with Gasteiger partial charge in [-0.15, -0.1) is 0 Å². The van der Waals surface area contributed by atoms with Crippen molar-refractivity contribution < 1.29 is 13.2 Å². The summed E-state index contributed by atoms with van der Waals surface area (Å²) in [6.07, 6.45) is 0. The van der Waals surface area contributed by atoms with Crippen LogP contribution < -0.4 is 11.1 Å². The van der Waals surface area contributed by atoms with Crippen molar-refractivity contribution in [3.8, 4) is 11.1 Å². The Kier molecular flexibility index (Phi) is 4.47. The van der Waals surface area contributed by atoms with Crippen LogP contribution >= 0.6 is 0 Å². The number of anilines is 1. The third-order valence-corrected chi connectivity index (χ3v) is 4.87. The van der Waals surface area contributed by atoms with Gasteiger partial charge in [-0.3, -0.25) is 4.57 Å². The molecule has 0 radical (unpaired) electrons. The van der Waals surface area contributed by atoms with Crippen molar-refractivity contribution in [1.82, 2.24) is 4.57 Å². The van der Waals surface area contributed by atoms with Gasteiger partial charge >= 0.3 is 5.76 Å². The van der Waals surface area contributed by atoms with E-state index >= 15 is 0 Å². The Labute approximate surface area is 160 Å². The molecule has 0 spiro atoms. The van der Waals surface area contributed by atoms with E-state index in [-0.39, 0.29) is 12.1 Å². The van der Waals surface area contributed by atoms with Gasteiger partial charge in [0.25, 0.3) is 0 Å². The fourth-order valence-electron chi connectivity index (χ4n) is 3.25. The van der Waals surface area contributed by atoms with E-state index in [9.17, 15) is 13.6 Å². The predicted octanol–water partition coefficient (Wildman–Crippen LogP) is 5.00. The summed E-state index contributed by atoms with van der Waals surface area (Å²) in [6, 6.07) is 15.2. The summed E-state index contributed by atoms with van der Waals surface area (Å²) in [6.45, 7) is 2.01. The van der Waals surface area contributed by atoms with Crippen molar-refractivity contribution in [2.75, 3.05) is 5.32 Å². The van der Waals surface area contributed by atoms with E-state index < -0.39 is 17.4 Å². The second-order valence-electron chi connectivity index (χ2n) is 6.69. The SMILES string of the molecule is Cc1cc2oc(=O)n(C)c2cc1-c1ccc(NCc2c(F)cccc2F)cc1. The number of halogens is 2. The number of fused-ring (bicyclic) bond motifs is 1. The molecule has 0 atom stereocenters. The summed E-state index contributed by atoms with van der Waals surface area (Å²) in [4.78, 5) is 11.7. The van der Waals surface area contributed by atoms with E-state index in [1.165, 1.54) is 22.8 Å². The van der Waals surface area contributed by atoms with Crippen LogP contribution in [0.15, 0.2) is 63.8 Å².